The molecule has 0 aliphatic carbocycles. The summed E-state index contributed by atoms with van der Waals surface area (Å²) < 4.78 is 38.8. The van der Waals surface area contributed by atoms with Gasteiger partial charge in [0.25, 0.3) is 15.9 Å². The number of nitrogens with one attached hydrogen (secondary N) is 1. The second kappa shape index (κ2) is 7.87. The summed E-state index contributed by atoms with van der Waals surface area (Å²) in [6, 6.07) is 10.9. The van der Waals surface area contributed by atoms with Crippen LogP contribution in [0.1, 0.15) is 23.7 Å². The van der Waals surface area contributed by atoms with Gasteiger partial charge in [-0.1, -0.05) is 6.92 Å². The summed E-state index contributed by atoms with van der Waals surface area (Å²) in [6.45, 7) is 3.44. The Bertz CT molecular complexity index is 926. The standard InChI is InChI=1S/C19H22N2O5S/c1-3-11-25-15-5-7-16(8-6-15)27(23,24)20-14-4-9-18-17(13-14)19(22)21(2)10-12-26-18/h4-9,13,20H,3,10-12H2,1-2H3. The first kappa shape index (κ1) is 19.0. The Morgan fingerprint density at radius 2 is 1.93 bits per heavy atom. The lowest BCUT2D eigenvalue weighted by atomic mass is 10.1. The van der Waals surface area contributed by atoms with Crippen molar-refractivity contribution in [3.8, 4) is 11.5 Å². The minimum atomic E-state index is -3.79. The van der Waals surface area contributed by atoms with Crippen molar-refractivity contribution in [3.63, 3.8) is 0 Å². The third-order valence-corrected chi connectivity index (χ3v) is 5.50. The van der Waals surface area contributed by atoms with Crippen LogP contribution in [-0.4, -0.2) is 46.0 Å². The van der Waals surface area contributed by atoms with E-state index in [1.807, 2.05) is 6.92 Å². The van der Waals surface area contributed by atoms with Crippen molar-refractivity contribution in [2.45, 2.75) is 18.2 Å². The van der Waals surface area contributed by atoms with Gasteiger partial charge in [-0.25, -0.2) is 8.42 Å². The fourth-order valence-electron chi connectivity index (χ4n) is 2.64. The Balaban J connectivity index is 1.82. The van der Waals surface area contributed by atoms with Crippen molar-refractivity contribution in [2.24, 2.45) is 0 Å². The molecule has 0 saturated carbocycles. The molecule has 1 aliphatic heterocycles. The van der Waals surface area contributed by atoms with Gasteiger partial charge in [-0.05, 0) is 48.9 Å². The molecular weight excluding hydrogens is 368 g/mol. The highest BCUT2D eigenvalue weighted by atomic mass is 32.2. The number of sulfonamides is 1. The van der Waals surface area contributed by atoms with E-state index in [1.54, 1.807) is 36.2 Å². The highest BCUT2D eigenvalue weighted by molar-refractivity contribution is 7.92. The van der Waals surface area contributed by atoms with Gasteiger partial charge in [0.1, 0.15) is 18.1 Å². The molecule has 0 aromatic heterocycles. The minimum Gasteiger partial charge on any atom is -0.494 e. The Morgan fingerprint density at radius 3 is 2.63 bits per heavy atom. The number of amides is 1. The van der Waals surface area contributed by atoms with Crippen LogP contribution in [-0.2, 0) is 10.0 Å². The lowest BCUT2D eigenvalue weighted by Crippen LogP contribution is -2.27. The van der Waals surface area contributed by atoms with Crippen LogP contribution in [0.4, 0.5) is 5.69 Å². The van der Waals surface area contributed by atoms with Gasteiger partial charge >= 0.3 is 0 Å². The molecule has 1 amide bonds. The molecule has 0 radical (unpaired) electrons. The van der Waals surface area contributed by atoms with Crippen LogP contribution >= 0.6 is 0 Å². The third-order valence-electron chi connectivity index (χ3n) is 4.10. The molecule has 0 atom stereocenters. The van der Waals surface area contributed by atoms with E-state index in [9.17, 15) is 13.2 Å². The van der Waals surface area contributed by atoms with E-state index >= 15 is 0 Å². The summed E-state index contributed by atoms with van der Waals surface area (Å²) in [5.41, 5.74) is 0.630. The van der Waals surface area contributed by atoms with Crippen molar-refractivity contribution in [1.82, 2.24) is 4.90 Å². The zero-order valence-electron chi connectivity index (χ0n) is 15.3. The zero-order valence-corrected chi connectivity index (χ0v) is 16.1. The summed E-state index contributed by atoms with van der Waals surface area (Å²) in [7, 11) is -2.11. The van der Waals surface area contributed by atoms with Crippen molar-refractivity contribution in [3.05, 3.63) is 48.0 Å². The predicted molar refractivity (Wildman–Crippen MR) is 102 cm³/mol. The van der Waals surface area contributed by atoms with E-state index in [2.05, 4.69) is 4.72 Å². The smallest absolute Gasteiger partial charge is 0.261 e. The maximum Gasteiger partial charge on any atom is 0.261 e. The molecule has 8 heteroatoms. The van der Waals surface area contributed by atoms with Crippen molar-refractivity contribution >= 4 is 21.6 Å². The van der Waals surface area contributed by atoms with Crippen molar-refractivity contribution in [2.75, 3.05) is 31.5 Å². The number of fused-ring (bicyclic) bond motifs is 1. The van der Waals surface area contributed by atoms with Gasteiger partial charge in [-0.2, -0.15) is 0 Å². The van der Waals surface area contributed by atoms with Crippen LogP contribution in [0.5, 0.6) is 11.5 Å². The largest absolute Gasteiger partial charge is 0.494 e. The van der Waals surface area contributed by atoms with Gasteiger partial charge < -0.3 is 14.4 Å². The van der Waals surface area contributed by atoms with E-state index in [0.717, 1.165) is 6.42 Å². The normalized spacial score (nSPS) is 14.1. The molecule has 1 N–H and O–H groups in total. The second-order valence-corrected chi connectivity index (χ2v) is 7.89. The second-order valence-electron chi connectivity index (χ2n) is 6.21. The van der Waals surface area contributed by atoms with Crippen LogP contribution in [0, 0.1) is 0 Å². The third kappa shape index (κ3) is 4.33. The first-order chi connectivity index (χ1) is 12.9. The lowest BCUT2D eigenvalue weighted by Gasteiger charge is -2.14. The molecule has 2 aromatic rings. The maximum atomic E-state index is 12.6. The summed E-state index contributed by atoms with van der Waals surface area (Å²) >= 11 is 0. The van der Waals surface area contributed by atoms with Gasteiger partial charge in [0.2, 0.25) is 0 Å². The average molecular weight is 390 g/mol. The summed E-state index contributed by atoms with van der Waals surface area (Å²) in [6.07, 6.45) is 0.873. The Labute approximate surface area is 158 Å². The highest BCUT2D eigenvalue weighted by Crippen LogP contribution is 2.27. The Kier molecular flexibility index (Phi) is 5.55. The van der Waals surface area contributed by atoms with Crippen LogP contribution in [0.15, 0.2) is 47.4 Å². The molecule has 0 saturated heterocycles. The lowest BCUT2D eigenvalue weighted by molar-refractivity contribution is 0.0796. The van der Waals surface area contributed by atoms with E-state index in [-0.39, 0.29) is 10.8 Å². The Hall–Kier alpha value is -2.74. The first-order valence-corrected chi connectivity index (χ1v) is 10.2. The van der Waals surface area contributed by atoms with Gasteiger partial charge in [-0.3, -0.25) is 9.52 Å². The van der Waals surface area contributed by atoms with Crippen molar-refractivity contribution in [1.29, 1.82) is 0 Å². The number of benzene rings is 2. The van der Waals surface area contributed by atoms with Gasteiger partial charge in [0.05, 0.1) is 23.6 Å². The fraction of sp³-hybridized carbons (Fsp3) is 0.316. The van der Waals surface area contributed by atoms with E-state index in [0.29, 0.717) is 42.5 Å². The molecule has 27 heavy (non-hydrogen) atoms. The number of rotatable bonds is 6. The van der Waals surface area contributed by atoms with Crippen molar-refractivity contribution < 1.29 is 22.7 Å². The molecule has 0 spiro atoms. The number of likely N-dealkylation sites (N-methyl/N-ethyl adjacent to an activating group) is 1. The van der Waals surface area contributed by atoms with E-state index in [4.69, 9.17) is 9.47 Å². The van der Waals surface area contributed by atoms with Crippen LogP contribution in [0.3, 0.4) is 0 Å². The number of carbonyl (C=O) groups is 1. The molecule has 144 valence electrons. The summed E-state index contributed by atoms with van der Waals surface area (Å²) in [5, 5.41) is 0. The number of hydrogen-bond acceptors (Lipinski definition) is 5. The zero-order chi connectivity index (χ0) is 19.4. The molecule has 7 nitrogen and oxygen atoms in total. The topological polar surface area (TPSA) is 84.9 Å². The predicted octanol–water partition coefficient (Wildman–Crippen LogP) is 2.74. The molecular formula is C19H22N2O5S. The SMILES string of the molecule is CCCOc1ccc(S(=O)(=O)Nc2ccc3c(c2)C(=O)N(C)CCO3)cc1. The van der Waals surface area contributed by atoms with Crippen LogP contribution in [0.2, 0.25) is 0 Å². The van der Waals surface area contributed by atoms with Crippen LogP contribution < -0.4 is 14.2 Å². The highest BCUT2D eigenvalue weighted by Gasteiger charge is 2.22. The van der Waals surface area contributed by atoms with E-state index < -0.39 is 10.0 Å². The number of nitrogens with zero attached hydrogens (tertiary/aromatic N) is 1. The molecule has 2 aromatic carbocycles. The summed E-state index contributed by atoms with van der Waals surface area (Å²) in [4.78, 5) is 14.1. The molecule has 1 heterocycles. The van der Waals surface area contributed by atoms with Gasteiger partial charge in [-0.15, -0.1) is 0 Å². The van der Waals surface area contributed by atoms with Gasteiger partial charge in [0, 0.05) is 12.7 Å². The molecule has 0 bridgehead atoms. The average Bonchev–Trinajstić information content (AvgIpc) is 2.79. The monoisotopic (exact) mass is 390 g/mol. The quantitative estimate of drug-likeness (QED) is 0.820. The van der Waals surface area contributed by atoms with E-state index in [1.165, 1.54) is 18.2 Å². The molecule has 1 aliphatic rings. The number of ether oxygens (including phenoxy) is 2. The maximum absolute atomic E-state index is 12.6. The minimum absolute atomic E-state index is 0.112. The number of anilines is 1. The molecule has 3 rings (SSSR count). The Morgan fingerprint density at radius 1 is 1.19 bits per heavy atom. The molecule has 0 fully saturated rings. The fourth-order valence-corrected chi connectivity index (χ4v) is 3.68. The number of hydrogen-bond donors (Lipinski definition) is 1. The first-order valence-electron chi connectivity index (χ1n) is 8.68. The molecule has 0 unspecified atom stereocenters. The van der Waals surface area contributed by atoms with Crippen LogP contribution in [0.25, 0.3) is 0 Å². The van der Waals surface area contributed by atoms with Gasteiger partial charge in [0.15, 0.2) is 0 Å². The summed E-state index contributed by atoms with van der Waals surface area (Å²) in [5.74, 6) is 0.859. The number of carbonyl (C=O) groups excluding carboxylic acids is 1.